The minimum absolute atomic E-state index is 0.0303. The molecule has 0 aromatic heterocycles. The molecule has 0 amide bonds. The highest BCUT2D eigenvalue weighted by Crippen LogP contribution is 2.51. The van der Waals surface area contributed by atoms with Gasteiger partial charge in [0.2, 0.25) is 0 Å². The Hall–Kier alpha value is -3.48. The average Bonchev–Trinajstić information content (AvgIpc) is 2.99. The Morgan fingerprint density at radius 1 is 0.455 bits per heavy atom. The predicted octanol–water partition coefficient (Wildman–Crippen LogP) is 7.18. The van der Waals surface area contributed by atoms with Crippen LogP contribution in [0.5, 0.6) is 0 Å². The van der Waals surface area contributed by atoms with E-state index < -0.39 is 37.8 Å². The Labute approximate surface area is 253 Å². The van der Waals surface area contributed by atoms with Crippen LogP contribution in [-0.4, -0.2) is 40.5 Å². The van der Waals surface area contributed by atoms with Gasteiger partial charge >= 0.3 is 12.4 Å². The van der Waals surface area contributed by atoms with Crippen LogP contribution >= 0.6 is 14.3 Å². The second kappa shape index (κ2) is 12.5. The van der Waals surface area contributed by atoms with Crippen LogP contribution in [0.15, 0.2) is 97.1 Å². The van der Waals surface area contributed by atoms with Gasteiger partial charge < -0.3 is 18.9 Å². The molecule has 0 N–H and O–H groups in total. The van der Waals surface area contributed by atoms with Crippen molar-refractivity contribution in [2.45, 2.75) is 12.4 Å². The van der Waals surface area contributed by atoms with E-state index in [1.165, 1.54) is 0 Å². The molecule has 12 heteroatoms. The summed E-state index contributed by atoms with van der Waals surface area (Å²) >= 11 is 0. The first-order valence-corrected chi connectivity index (χ1v) is 17.3. The van der Waals surface area contributed by atoms with Crippen LogP contribution in [0.1, 0.15) is 11.1 Å². The zero-order chi connectivity index (χ0) is 32.5. The van der Waals surface area contributed by atoms with Gasteiger partial charge in [0.05, 0.1) is 11.1 Å². The second-order valence-corrected chi connectivity index (χ2v) is 16.8. The smallest absolute Gasteiger partial charge is 0.378 e. The fourth-order valence-corrected chi connectivity index (χ4v) is 11.3. The van der Waals surface area contributed by atoms with Crippen LogP contribution < -0.4 is 31.0 Å². The van der Waals surface area contributed by atoms with Gasteiger partial charge in [-0.25, -0.2) is 0 Å². The van der Waals surface area contributed by atoms with Crippen LogP contribution in [-0.2, 0) is 21.5 Å². The molecule has 0 aliphatic heterocycles. The van der Waals surface area contributed by atoms with Crippen molar-refractivity contribution in [1.29, 1.82) is 0 Å². The molecule has 0 saturated carbocycles. The number of benzene rings is 4. The van der Waals surface area contributed by atoms with E-state index in [9.17, 15) is 30.9 Å². The van der Waals surface area contributed by atoms with E-state index in [1.807, 2.05) is 62.3 Å². The third-order valence-electron chi connectivity index (χ3n) is 7.52. The van der Waals surface area contributed by atoms with Crippen molar-refractivity contribution in [3.8, 4) is 0 Å². The van der Waals surface area contributed by atoms with Gasteiger partial charge in [-0.05, 0) is 72.8 Å². The quantitative estimate of drug-likeness (QED) is 0.142. The van der Waals surface area contributed by atoms with Crippen LogP contribution in [0.4, 0.5) is 37.7 Å². The largest absolute Gasteiger partial charge is 0.416 e. The molecule has 4 aromatic rings. The molecule has 234 valence electrons. The maximum Gasteiger partial charge on any atom is 0.416 e. The third-order valence-corrected chi connectivity index (χ3v) is 14.1. The minimum atomic E-state index is -4.63. The lowest BCUT2D eigenvalue weighted by atomic mass is 10.2. The van der Waals surface area contributed by atoms with Crippen molar-refractivity contribution in [1.82, 2.24) is 0 Å². The lowest BCUT2D eigenvalue weighted by Crippen LogP contribution is -2.25. The molecule has 0 heterocycles. The molecule has 0 atom stereocenters. The summed E-state index contributed by atoms with van der Waals surface area (Å²) < 4.78 is 110. The molecule has 0 unspecified atom stereocenters. The lowest BCUT2D eigenvalue weighted by Gasteiger charge is -2.25. The van der Waals surface area contributed by atoms with Gasteiger partial charge in [0.1, 0.15) is 14.3 Å². The van der Waals surface area contributed by atoms with Crippen molar-refractivity contribution >= 4 is 46.9 Å². The molecule has 4 rings (SSSR count). The first-order valence-electron chi connectivity index (χ1n) is 13.5. The van der Waals surface area contributed by atoms with Crippen molar-refractivity contribution < 1.29 is 35.5 Å². The lowest BCUT2D eigenvalue weighted by molar-refractivity contribution is -0.138. The Kier molecular flexibility index (Phi) is 9.48. The molecular weight excluding hydrogens is 620 g/mol. The standard InChI is InChI=1S/C32H32F6N2O2P2/c1-39(2)25-9-17-29(18-10-25)44(42,30-19-11-26(12-20-30)40(3)4)22-21-43(41,27-13-5-23(6-14-27)31(33,34)35)28-15-7-24(8-16-28)32(36,37)38/h5-20H,21-22H2,1-4H3. The number of rotatable bonds is 9. The van der Waals surface area contributed by atoms with E-state index in [1.54, 1.807) is 24.3 Å². The van der Waals surface area contributed by atoms with E-state index in [0.717, 1.165) is 59.9 Å². The van der Waals surface area contributed by atoms with Crippen LogP contribution in [0.3, 0.4) is 0 Å². The fraction of sp³-hybridized carbons (Fsp3) is 0.250. The maximum atomic E-state index is 15.0. The van der Waals surface area contributed by atoms with Crippen LogP contribution in [0.25, 0.3) is 0 Å². The number of alkyl halides is 6. The summed E-state index contributed by atoms with van der Waals surface area (Å²) in [5, 5.41) is 1.05. The van der Waals surface area contributed by atoms with E-state index in [4.69, 9.17) is 0 Å². The van der Waals surface area contributed by atoms with Gasteiger partial charge in [-0.2, -0.15) is 26.3 Å². The zero-order valence-electron chi connectivity index (χ0n) is 24.5. The Morgan fingerprint density at radius 3 is 0.886 bits per heavy atom. The number of hydrogen-bond donors (Lipinski definition) is 0. The minimum Gasteiger partial charge on any atom is -0.378 e. The van der Waals surface area contributed by atoms with E-state index >= 15 is 4.57 Å². The number of nitrogens with zero attached hydrogens (tertiary/aromatic N) is 2. The molecule has 44 heavy (non-hydrogen) atoms. The second-order valence-electron chi connectivity index (χ2n) is 10.8. The van der Waals surface area contributed by atoms with Crippen molar-refractivity contribution in [3.63, 3.8) is 0 Å². The molecule has 0 spiro atoms. The van der Waals surface area contributed by atoms with Crippen molar-refractivity contribution in [2.75, 3.05) is 50.3 Å². The number of hydrogen-bond acceptors (Lipinski definition) is 4. The highest BCUT2D eigenvalue weighted by atomic mass is 31.2. The summed E-state index contributed by atoms with van der Waals surface area (Å²) in [5.74, 6) is 0. The summed E-state index contributed by atoms with van der Waals surface area (Å²) in [7, 11) is 0.0578. The fourth-order valence-electron chi connectivity index (χ4n) is 4.86. The van der Waals surface area contributed by atoms with Crippen LogP contribution in [0.2, 0.25) is 0 Å². The zero-order valence-corrected chi connectivity index (χ0v) is 26.3. The van der Waals surface area contributed by atoms with Gasteiger partial charge in [-0.1, -0.05) is 24.3 Å². The van der Waals surface area contributed by atoms with E-state index in [2.05, 4.69) is 0 Å². The number of halogens is 6. The van der Waals surface area contributed by atoms with Gasteiger partial charge in [0.15, 0.2) is 0 Å². The first kappa shape index (κ1) is 33.4. The predicted molar refractivity (Wildman–Crippen MR) is 168 cm³/mol. The van der Waals surface area contributed by atoms with Crippen LogP contribution in [0, 0.1) is 0 Å². The Bertz CT molecular complexity index is 1550. The molecule has 4 nitrogen and oxygen atoms in total. The molecule has 0 bridgehead atoms. The summed E-state index contributed by atoms with van der Waals surface area (Å²) in [6.07, 6.45) is -9.67. The highest BCUT2D eigenvalue weighted by Gasteiger charge is 2.37. The molecule has 0 radical (unpaired) electrons. The van der Waals surface area contributed by atoms with E-state index in [0.29, 0.717) is 10.6 Å². The van der Waals surface area contributed by atoms with Gasteiger partial charge in [0, 0.05) is 73.1 Å². The van der Waals surface area contributed by atoms with Gasteiger partial charge in [0.25, 0.3) is 0 Å². The SMILES string of the molecule is CN(C)c1ccc(P(=O)(CCP(=O)(c2ccc(C(F)(F)F)cc2)c2ccc(C(F)(F)F)cc2)c2ccc(N(C)C)cc2)cc1. The summed E-state index contributed by atoms with van der Waals surface area (Å²) in [4.78, 5) is 3.76. The molecule has 0 aliphatic carbocycles. The maximum absolute atomic E-state index is 15.0. The van der Waals surface area contributed by atoms with Gasteiger partial charge in [-0.15, -0.1) is 0 Å². The molecule has 0 fully saturated rings. The van der Waals surface area contributed by atoms with Gasteiger partial charge in [-0.3, -0.25) is 0 Å². The number of anilines is 2. The monoisotopic (exact) mass is 652 g/mol. The summed E-state index contributed by atoms with van der Waals surface area (Å²) in [6.45, 7) is 0. The normalized spacial score (nSPS) is 12.7. The summed E-state index contributed by atoms with van der Waals surface area (Å²) in [5.41, 5.74) is -0.174. The van der Waals surface area contributed by atoms with Crippen molar-refractivity contribution in [3.05, 3.63) is 108 Å². The first-order chi connectivity index (χ1) is 20.4. The van der Waals surface area contributed by atoms with Crippen molar-refractivity contribution in [2.24, 2.45) is 0 Å². The average molecular weight is 653 g/mol. The van der Waals surface area contributed by atoms with E-state index in [-0.39, 0.29) is 22.9 Å². The summed E-state index contributed by atoms with van der Waals surface area (Å²) in [6, 6.07) is 21.7. The molecule has 0 aliphatic rings. The Morgan fingerprint density at radius 2 is 0.682 bits per heavy atom. The molecule has 4 aromatic carbocycles. The third kappa shape index (κ3) is 7.08. The topological polar surface area (TPSA) is 40.6 Å². The molecule has 0 saturated heterocycles. The Balaban J connectivity index is 1.83. The highest BCUT2D eigenvalue weighted by molar-refractivity contribution is 7.82. The molecular formula is C32H32F6N2O2P2.